The molecule has 0 unspecified atom stereocenters. The first-order valence-corrected chi connectivity index (χ1v) is 4.22. The zero-order valence-electron chi connectivity index (χ0n) is 6.42. The van der Waals surface area contributed by atoms with Crippen LogP contribution in [0.3, 0.4) is 0 Å². The lowest BCUT2D eigenvalue weighted by Crippen LogP contribution is -2.12. The number of carbonyl (C=O) groups excluding carboxylic acids is 1. The smallest absolute Gasteiger partial charge is 0.250 e. The second kappa shape index (κ2) is 4.33. The highest BCUT2D eigenvalue weighted by Gasteiger charge is 2.04. The summed E-state index contributed by atoms with van der Waals surface area (Å²) in [5, 5.41) is 0.332. The number of amidine groups is 1. The molecule has 4 heteroatoms. The summed E-state index contributed by atoms with van der Waals surface area (Å²) in [6.45, 7) is 3.58. The van der Waals surface area contributed by atoms with Crippen LogP contribution in [-0.4, -0.2) is 17.3 Å². The van der Waals surface area contributed by atoms with Crippen LogP contribution >= 0.6 is 11.8 Å². The van der Waals surface area contributed by atoms with Crippen molar-refractivity contribution in [3.8, 4) is 0 Å². The Kier molecular flexibility index (Phi) is 4.11. The van der Waals surface area contributed by atoms with E-state index < -0.39 is 0 Å². The van der Waals surface area contributed by atoms with E-state index in [0.29, 0.717) is 5.17 Å². The predicted molar refractivity (Wildman–Crippen MR) is 45.0 cm³/mol. The summed E-state index contributed by atoms with van der Waals surface area (Å²) in [6, 6.07) is 0. The maximum absolute atomic E-state index is 10.8. The highest BCUT2D eigenvalue weighted by Crippen LogP contribution is 1.98. The Morgan fingerprint density at radius 3 is 2.40 bits per heavy atom. The van der Waals surface area contributed by atoms with Gasteiger partial charge in [0.15, 0.2) is 5.17 Å². The number of thioether (sulfide) groups is 1. The van der Waals surface area contributed by atoms with E-state index in [2.05, 4.69) is 4.99 Å². The van der Waals surface area contributed by atoms with Crippen molar-refractivity contribution in [2.24, 2.45) is 16.6 Å². The first-order valence-electron chi connectivity index (χ1n) is 3.00. The van der Waals surface area contributed by atoms with Crippen LogP contribution in [-0.2, 0) is 4.79 Å². The van der Waals surface area contributed by atoms with Crippen molar-refractivity contribution < 1.29 is 4.79 Å². The first-order chi connectivity index (χ1) is 4.57. The van der Waals surface area contributed by atoms with Gasteiger partial charge in [0.2, 0.25) is 0 Å². The number of aliphatic imine (C=N–C) groups is 1. The molecule has 58 valence electrons. The molecule has 0 fully saturated rings. The second-order valence-corrected chi connectivity index (χ2v) is 2.97. The van der Waals surface area contributed by atoms with Gasteiger partial charge in [-0.1, -0.05) is 25.6 Å². The van der Waals surface area contributed by atoms with Crippen molar-refractivity contribution in [3.05, 3.63) is 0 Å². The molecule has 0 spiro atoms. The molecular weight excluding hydrogens is 148 g/mol. The minimum Gasteiger partial charge on any atom is -0.378 e. The minimum absolute atomic E-state index is 0.0642. The molecule has 0 aromatic heterocycles. The average molecular weight is 160 g/mol. The summed E-state index contributed by atoms with van der Waals surface area (Å²) >= 11 is 1.28. The summed E-state index contributed by atoms with van der Waals surface area (Å²) in [5.74, 6) is -0.224. The van der Waals surface area contributed by atoms with Crippen molar-refractivity contribution in [1.82, 2.24) is 0 Å². The van der Waals surface area contributed by atoms with Crippen LogP contribution in [0.15, 0.2) is 4.99 Å². The van der Waals surface area contributed by atoms with Gasteiger partial charge in [-0.2, -0.15) is 4.99 Å². The molecule has 0 saturated heterocycles. The lowest BCUT2D eigenvalue weighted by atomic mass is 10.2. The van der Waals surface area contributed by atoms with Gasteiger partial charge in [-0.15, -0.1) is 0 Å². The molecule has 3 nitrogen and oxygen atoms in total. The van der Waals surface area contributed by atoms with Crippen LogP contribution in [0.5, 0.6) is 0 Å². The van der Waals surface area contributed by atoms with Gasteiger partial charge in [-0.05, 0) is 6.26 Å². The standard InChI is InChI=1S/C6H12N2OS/c1-4(2)5(9)8-6(7)10-3/h4H,1-3H3,(H2,7,8,9). The molecule has 0 aliphatic heterocycles. The third kappa shape index (κ3) is 3.50. The molecule has 0 heterocycles. The normalized spacial score (nSPS) is 12.2. The van der Waals surface area contributed by atoms with Gasteiger partial charge in [-0.25, -0.2) is 0 Å². The van der Waals surface area contributed by atoms with Gasteiger partial charge in [0.05, 0.1) is 0 Å². The molecule has 0 aromatic rings. The third-order valence-corrected chi connectivity index (χ3v) is 1.43. The maximum atomic E-state index is 10.8. The number of nitrogens with zero attached hydrogens (tertiary/aromatic N) is 1. The van der Waals surface area contributed by atoms with E-state index in [4.69, 9.17) is 5.73 Å². The van der Waals surface area contributed by atoms with Gasteiger partial charge < -0.3 is 5.73 Å². The van der Waals surface area contributed by atoms with E-state index in [9.17, 15) is 4.79 Å². The number of amides is 1. The fourth-order valence-corrected chi connectivity index (χ4v) is 0.465. The predicted octanol–water partition coefficient (Wildman–Crippen LogP) is 0.847. The highest BCUT2D eigenvalue weighted by molar-refractivity contribution is 8.13. The Hall–Kier alpha value is -0.510. The summed E-state index contributed by atoms with van der Waals surface area (Å²) in [4.78, 5) is 14.4. The van der Waals surface area contributed by atoms with Crippen LogP contribution in [0, 0.1) is 5.92 Å². The molecule has 1 amide bonds. The Balaban J connectivity index is 4.00. The van der Waals surface area contributed by atoms with E-state index in [1.165, 1.54) is 11.8 Å². The molecule has 0 aliphatic carbocycles. The topological polar surface area (TPSA) is 55.4 Å². The van der Waals surface area contributed by atoms with Crippen LogP contribution in [0.1, 0.15) is 13.8 Å². The lowest BCUT2D eigenvalue weighted by molar-refractivity contribution is -0.120. The largest absolute Gasteiger partial charge is 0.378 e. The SMILES string of the molecule is CSC(N)=NC(=O)C(C)C. The van der Waals surface area contributed by atoms with E-state index >= 15 is 0 Å². The molecule has 0 atom stereocenters. The van der Waals surface area contributed by atoms with Gasteiger partial charge in [0, 0.05) is 5.92 Å². The Bertz CT molecular complexity index is 154. The zero-order chi connectivity index (χ0) is 8.15. The zero-order valence-corrected chi connectivity index (χ0v) is 7.23. The van der Waals surface area contributed by atoms with E-state index in [1.807, 2.05) is 0 Å². The van der Waals surface area contributed by atoms with Crippen molar-refractivity contribution >= 4 is 22.8 Å². The van der Waals surface area contributed by atoms with Crippen molar-refractivity contribution in [2.75, 3.05) is 6.26 Å². The van der Waals surface area contributed by atoms with Crippen LogP contribution < -0.4 is 5.73 Å². The molecule has 0 saturated carbocycles. The van der Waals surface area contributed by atoms with Gasteiger partial charge in [0.25, 0.3) is 5.91 Å². The third-order valence-electron chi connectivity index (χ3n) is 0.923. The fourth-order valence-electron chi connectivity index (χ4n) is 0.283. The summed E-state index contributed by atoms with van der Waals surface area (Å²) < 4.78 is 0. The Morgan fingerprint density at radius 1 is 1.60 bits per heavy atom. The van der Waals surface area contributed by atoms with Crippen molar-refractivity contribution in [2.45, 2.75) is 13.8 Å². The Labute approximate surface area is 65.1 Å². The molecule has 2 N–H and O–H groups in total. The van der Waals surface area contributed by atoms with E-state index in [0.717, 1.165) is 0 Å². The van der Waals surface area contributed by atoms with Gasteiger partial charge in [-0.3, -0.25) is 4.79 Å². The average Bonchev–Trinajstić information content (AvgIpc) is 1.87. The second-order valence-electron chi connectivity index (χ2n) is 2.15. The molecule has 0 bridgehead atoms. The summed E-state index contributed by atoms with van der Waals surface area (Å²) in [6.07, 6.45) is 1.78. The maximum Gasteiger partial charge on any atom is 0.250 e. The van der Waals surface area contributed by atoms with Crippen LogP contribution in [0.4, 0.5) is 0 Å². The quantitative estimate of drug-likeness (QED) is 0.457. The number of nitrogens with two attached hydrogens (primary N) is 1. The van der Waals surface area contributed by atoms with Gasteiger partial charge >= 0.3 is 0 Å². The summed E-state index contributed by atoms with van der Waals surface area (Å²) in [5.41, 5.74) is 5.30. The molecule has 0 aliphatic rings. The Morgan fingerprint density at radius 2 is 2.10 bits per heavy atom. The molecule has 0 aromatic carbocycles. The highest BCUT2D eigenvalue weighted by atomic mass is 32.2. The van der Waals surface area contributed by atoms with Crippen molar-refractivity contribution in [1.29, 1.82) is 0 Å². The molecular formula is C6H12N2OS. The monoisotopic (exact) mass is 160 g/mol. The molecule has 10 heavy (non-hydrogen) atoms. The van der Waals surface area contributed by atoms with E-state index in [-0.39, 0.29) is 11.8 Å². The van der Waals surface area contributed by atoms with Crippen molar-refractivity contribution in [3.63, 3.8) is 0 Å². The van der Waals surface area contributed by atoms with Gasteiger partial charge in [0.1, 0.15) is 0 Å². The number of carbonyl (C=O) groups is 1. The number of rotatable bonds is 1. The van der Waals surface area contributed by atoms with Crippen LogP contribution in [0.25, 0.3) is 0 Å². The summed E-state index contributed by atoms with van der Waals surface area (Å²) in [7, 11) is 0. The minimum atomic E-state index is -0.160. The molecule has 0 rings (SSSR count). The van der Waals surface area contributed by atoms with Crippen LogP contribution in [0.2, 0.25) is 0 Å². The lowest BCUT2D eigenvalue weighted by Gasteiger charge is -1.97. The van der Waals surface area contributed by atoms with E-state index in [1.54, 1.807) is 20.1 Å². The number of hydrogen-bond acceptors (Lipinski definition) is 2. The number of hydrogen-bond donors (Lipinski definition) is 1. The molecule has 0 radical (unpaired) electrons. The first kappa shape index (κ1) is 9.49. The fraction of sp³-hybridized carbons (Fsp3) is 0.667.